The average molecular weight is 465 g/mol. The lowest BCUT2D eigenvalue weighted by Crippen LogP contribution is -2.22. The number of hydrogen-bond donors (Lipinski definition) is 1. The zero-order chi connectivity index (χ0) is 23.5. The van der Waals surface area contributed by atoms with E-state index in [0.29, 0.717) is 19.5 Å². The highest BCUT2D eigenvalue weighted by Crippen LogP contribution is 2.23. The fourth-order valence-electron chi connectivity index (χ4n) is 3.46. The van der Waals surface area contributed by atoms with Gasteiger partial charge in [0.25, 0.3) is 0 Å². The topological polar surface area (TPSA) is 69.0 Å². The van der Waals surface area contributed by atoms with Gasteiger partial charge in [-0.3, -0.25) is 4.79 Å². The van der Waals surface area contributed by atoms with E-state index in [2.05, 4.69) is 57.8 Å². The number of aryl methyl sites for hydroxylation is 2. The van der Waals surface area contributed by atoms with E-state index >= 15 is 0 Å². The van der Waals surface area contributed by atoms with E-state index in [4.69, 9.17) is 4.74 Å². The molecule has 7 heteroatoms. The first-order valence-corrected chi connectivity index (χ1v) is 12.2. The maximum atomic E-state index is 12.2. The Bertz CT molecular complexity index is 1050. The van der Waals surface area contributed by atoms with Crippen molar-refractivity contribution in [2.24, 2.45) is 0 Å². The molecular weight excluding hydrogens is 432 g/mol. The number of amides is 1. The molecule has 33 heavy (non-hydrogen) atoms. The Morgan fingerprint density at radius 1 is 1.15 bits per heavy atom. The molecule has 1 heterocycles. The van der Waals surface area contributed by atoms with E-state index in [1.807, 2.05) is 30.3 Å². The third kappa shape index (κ3) is 7.49. The summed E-state index contributed by atoms with van der Waals surface area (Å²) < 4.78 is 7.45. The minimum atomic E-state index is 0.0443. The number of unbranched alkanes of at least 4 members (excludes halogenated alkanes) is 1. The molecule has 0 aliphatic heterocycles. The summed E-state index contributed by atoms with van der Waals surface area (Å²) >= 11 is 1.69. The number of para-hydroxylation sites is 1. The van der Waals surface area contributed by atoms with Gasteiger partial charge in [-0.05, 0) is 31.4 Å². The van der Waals surface area contributed by atoms with Crippen LogP contribution in [0.2, 0.25) is 0 Å². The summed E-state index contributed by atoms with van der Waals surface area (Å²) in [6.45, 7) is 7.12. The Kier molecular flexibility index (Phi) is 9.57. The molecule has 0 radical (unpaired) electrons. The molecule has 0 saturated heterocycles. The fourth-order valence-corrected chi connectivity index (χ4v) is 4.38. The number of methoxy groups -OCH3 is 1. The van der Waals surface area contributed by atoms with E-state index in [1.165, 1.54) is 11.1 Å². The van der Waals surface area contributed by atoms with Crippen LogP contribution in [0.5, 0.6) is 5.75 Å². The average Bonchev–Trinajstić information content (AvgIpc) is 3.22. The molecule has 0 aliphatic carbocycles. The standard InChI is InChI=1S/C26H32N4O2S/c1-4-17-30-24(28-29-26(30)33-19-21-15-13-20(2)14-16-21)11-7-8-12-25(31)27-18-22-9-5-6-10-23(22)32-3/h4-6,9-10,13-16H,1,7-8,11-12,17-19H2,2-3H3,(H,27,31). The number of benzene rings is 2. The molecule has 0 spiro atoms. The van der Waals surface area contributed by atoms with Crippen molar-refractivity contribution in [2.75, 3.05) is 7.11 Å². The molecule has 3 rings (SSSR count). The summed E-state index contributed by atoms with van der Waals surface area (Å²) in [6, 6.07) is 16.3. The van der Waals surface area contributed by atoms with Gasteiger partial charge >= 0.3 is 0 Å². The second kappa shape index (κ2) is 12.8. The summed E-state index contributed by atoms with van der Waals surface area (Å²) in [6.07, 6.45) is 4.81. The maximum absolute atomic E-state index is 12.2. The molecule has 0 fully saturated rings. The Morgan fingerprint density at radius 3 is 2.70 bits per heavy atom. The normalized spacial score (nSPS) is 10.7. The molecule has 0 atom stereocenters. The largest absolute Gasteiger partial charge is 0.496 e. The lowest BCUT2D eigenvalue weighted by Gasteiger charge is -2.10. The number of hydrogen-bond acceptors (Lipinski definition) is 5. The quantitative estimate of drug-likeness (QED) is 0.216. The molecular formula is C26H32N4O2S. The SMILES string of the molecule is C=CCn1c(CCCCC(=O)NCc2ccccc2OC)nnc1SCc1ccc(C)cc1. The Labute approximate surface area is 200 Å². The van der Waals surface area contributed by atoms with Crippen molar-refractivity contribution in [1.29, 1.82) is 0 Å². The number of carbonyl (C=O) groups excluding carboxylic acids is 1. The van der Waals surface area contributed by atoms with Gasteiger partial charge < -0.3 is 14.6 Å². The number of nitrogens with one attached hydrogen (secondary N) is 1. The van der Waals surface area contributed by atoms with Crippen LogP contribution in [0, 0.1) is 6.92 Å². The van der Waals surface area contributed by atoms with Crippen molar-refractivity contribution in [3.8, 4) is 5.75 Å². The Hall–Kier alpha value is -3.06. The van der Waals surface area contributed by atoms with Gasteiger partial charge in [0, 0.05) is 37.2 Å². The van der Waals surface area contributed by atoms with Gasteiger partial charge in [-0.25, -0.2) is 0 Å². The number of nitrogens with zero attached hydrogens (tertiary/aromatic N) is 3. The van der Waals surface area contributed by atoms with E-state index in [-0.39, 0.29) is 5.91 Å². The molecule has 174 valence electrons. The molecule has 0 unspecified atom stereocenters. The second-order valence-corrected chi connectivity index (χ2v) is 8.81. The lowest BCUT2D eigenvalue weighted by atomic mass is 10.1. The minimum absolute atomic E-state index is 0.0443. The number of thioether (sulfide) groups is 1. The molecule has 1 aromatic heterocycles. The number of allylic oxidation sites excluding steroid dienone is 1. The van der Waals surface area contributed by atoms with Gasteiger partial charge in [0.2, 0.25) is 5.91 Å². The summed E-state index contributed by atoms with van der Waals surface area (Å²) in [7, 11) is 1.64. The number of ether oxygens (including phenoxy) is 1. The third-order valence-electron chi connectivity index (χ3n) is 5.32. The van der Waals surface area contributed by atoms with Crippen molar-refractivity contribution in [3.63, 3.8) is 0 Å². The van der Waals surface area contributed by atoms with Crippen LogP contribution in [0.15, 0.2) is 66.3 Å². The molecule has 2 aromatic carbocycles. The highest BCUT2D eigenvalue weighted by Gasteiger charge is 2.12. The van der Waals surface area contributed by atoms with Crippen LogP contribution in [0.1, 0.15) is 41.8 Å². The van der Waals surface area contributed by atoms with Crippen LogP contribution in [-0.2, 0) is 30.1 Å². The van der Waals surface area contributed by atoms with Crippen molar-refractivity contribution < 1.29 is 9.53 Å². The smallest absolute Gasteiger partial charge is 0.220 e. The van der Waals surface area contributed by atoms with Gasteiger partial charge in [0.15, 0.2) is 5.16 Å². The first-order chi connectivity index (χ1) is 16.1. The second-order valence-electron chi connectivity index (χ2n) is 7.87. The van der Waals surface area contributed by atoms with Crippen molar-refractivity contribution in [2.45, 2.75) is 56.6 Å². The van der Waals surface area contributed by atoms with Crippen LogP contribution in [0.3, 0.4) is 0 Å². The Morgan fingerprint density at radius 2 is 1.94 bits per heavy atom. The van der Waals surface area contributed by atoms with E-state index in [9.17, 15) is 4.79 Å². The summed E-state index contributed by atoms with van der Waals surface area (Å²) in [5.74, 6) is 2.62. The van der Waals surface area contributed by atoms with E-state index < -0.39 is 0 Å². The van der Waals surface area contributed by atoms with Crippen molar-refractivity contribution in [3.05, 3.63) is 83.7 Å². The highest BCUT2D eigenvalue weighted by atomic mass is 32.2. The monoisotopic (exact) mass is 464 g/mol. The number of aromatic nitrogens is 3. The zero-order valence-electron chi connectivity index (χ0n) is 19.4. The van der Waals surface area contributed by atoms with E-state index in [0.717, 1.165) is 47.3 Å². The predicted octanol–water partition coefficient (Wildman–Crippen LogP) is 5.10. The molecule has 1 amide bonds. The van der Waals surface area contributed by atoms with E-state index in [1.54, 1.807) is 18.9 Å². The first-order valence-electron chi connectivity index (χ1n) is 11.2. The maximum Gasteiger partial charge on any atom is 0.220 e. The fraction of sp³-hybridized carbons (Fsp3) is 0.346. The van der Waals surface area contributed by atoms with Gasteiger partial charge in [0.1, 0.15) is 11.6 Å². The van der Waals surface area contributed by atoms with Crippen molar-refractivity contribution >= 4 is 17.7 Å². The zero-order valence-corrected chi connectivity index (χ0v) is 20.2. The minimum Gasteiger partial charge on any atom is -0.496 e. The van der Waals surface area contributed by atoms with Crippen LogP contribution in [0.4, 0.5) is 0 Å². The van der Waals surface area contributed by atoms with Crippen LogP contribution >= 0.6 is 11.8 Å². The molecule has 0 aliphatic rings. The van der Waals surface area contributed by atoms with Crippen molar-refractivity contribution in [1.82, 2.24) is 20.1 Å². The van der Waals surface area contributed by atoms with Crippen LogP contribution < -0.4 is 10.1 Å². The predicted molar refractivity (Wildman–Crippen MR) is 133 cm³/mol. The Balaban J connectivity index is 1.45. The van der Waals surface area contributed by atoms with Crippen LogP contribution in [0.25, 0.3) is 0 Å². The highest BCUT2D eigenvalue weighted by molar-refractivity contribution is 7.98. The van der Waals surface area contributed by atoms with Gasteiger partial charge in [-0.15, -0.1) is 16.8 Å². The molecule has 3 aromatic rings. The first kappa shape index (κ1) is 24.6. The number of carbonyl (C=O) groups is 1. The summed E-state index contributed by atoms with van der Waals surface area (Å²) in [4.78, 5) is 12.2. The molecule has 0 bridgehead atoms. The van der Waals surface area contributed by atoms with Crippen LogP contribution in [-0.4, -0.2) is 27.8 Å². The van der Waals surface area contributed by atoms with Gasteiger partial charge in [-0.1, -0.05) is 65.9 Å². The molecule has 1 N–H and O–H groups in total. The summed E-state index contributed by atoms with van der Waals surface area (Å²) in [5.41, 5.74) is 3.50. The van der Waals surface area contributed by atoms with Gasteiger partial charge in [-0.2, -0.15) is 0 Å². The summed E-state index contributed by atoms with van der Waals surface area (Å²) in [5, 5.41) is 12.7. The molecule has 6 nitrogen and oxygen atoms in total. The third-order valence-corrected chi connectivity index (χ3v) is 6.35. The number of rotatable bonds is 13. The van der Waals surface area contributed by atoms with Gasteiger partial charge in [0.05, 0.1) is 7.11 Å². The molecule has 0 saturated carbocycles. The lowest BCUT2D eigenvalue weighted by molar-refractivity contribution is -0.121.